The zero-order valence-electron chi connectivity index (χ0n) is 12.2. The quantitative estimate of drug-likeness (QED) is 0.837. The topological polar surface area (TPSA) is 49.6 Å². The van der Waals surface area contributed by atoms with Crippen molar-refractivity contribution < 1.29 is 4.79 Å². The molecule has 2 N–H and O–H groups in total. The van der Waals surface area contributed by atoms with Gasteiger partial charge in [-0.3, -0.25) is 4.79 Å². The van der Waals surface area contributed by atoms with Crippen molar-refractivity contribution in [2.45, 2.75) is 37.8 Å². The molecule has 3 atom stereocenters. The lowest BCUT2D eigenvalue weighted by Crippen LogP contribution is -2.56. The smallest absolute Gasteiger partial charge is 0.239 e. The van der Waals surface area contributed by atoms with Crippen LogP contribution in [0.1, 0.15) is 25.7 Å². The summed E-state index contributed by atoms with van der Waals surface area (Å²) in [4.78, 5) is 16.8. The standard InChI is InChI=1S/C14H27N3OS/c1-16-7-3-4-11-10-17(8-5-13(11)16)14(18)12(15)6-9-19-2/h11-13H,3-10,15H2,1-2H3/t11?,12-,13?/m0/s1. The molecule has 0 radical (unpaired) electrons. The van der Waals surface area contributed by atoms with Crippen molar-refractivity contribution in [3.05, 3.63) is 0 Å². The first kappa shape index (κ1) is 15.1. The first-order valence-corrected chi connectivity index (χ1v) is 8.76. The van der Waals surface area contributed by atoms with E-state index >= 15 is 0 Å². The van der Waals surface area contributed by atoms with Gasteiger partial charge in [0, 0.05) is 19.1 Å². The number of hydrogen-bond donors (Lipinski definition) is 1. The molecule has 5 heteroatoms. The summed E-state index contributed by atoms with van der Waals surface area (Å²) in [6, 6.07) is 0.380. The third-order valence-electron chi connectivity index (χ3n) is 4.61. The van der Waals surface area contributed by atoms with Crippen LogP contribution in [0.3, 0.4) is 0 Å². The summed E-state index contributed by atoms with van der Waals surface area (Å²) in [5, 5.41) is 0. The second kappa shape index (κ2) is 6.95. The lowest BCUT2D eigenvalue weighted by Gasteiger charge is -2.46. The van der Waals surface area contributed by atoms with Crippen LogP contribution < -0.4 is 5.73 Å². The molecule has 1 amide bonds. The Labute approximate surface area is 121 Å². The summed E-state index contributed by atoms with van der Waals surface area (Å²) in [7, 11) is 2.22. The molecule has 0 aromatic heterocycles. The number of rotatable bonds is 4. The molecule has 2 fully saturated rings. The van der Waals surface area contributed by atoms with Gasteiger partial charge in [0.15, 0.2) is 0 Å². The van der Waals surface area contributed by atoms with Crippen LogP contribution in [0.25, 0.3) is 0 Å². The fourth-order valence-corrected chi connectivity index (χ4v) is 3.95. The number of hydrogen-bond acceptors (Lipinski definition) is 4. The molecule has 19 heavy (non-hydrogen) atoms. The van der Waals surface area contributed by atoms with Crippen LogP contribution in [-0.4, -0.2) is 66.5 Å². The Bertz CT molecular complexity index is 313. The van der Waals surface area contributed by atoms with Gasteiger partial charge in [0.1, 0.15) is 0 Å². The number of amides is 1. The van der Waals surface area contributed by atoms with Gasteiger partial charge >= 0.3 is 0 Å². The van der Waals surface area contributed by atoms with Gasteiger partial charge in [-0.25, -0.2) is 0 Å². The third kappa shape index (κ3) is 3.64. The van der Waals surface area contributed by atoms with Gasteiger partial charge < -0.3 is 15.5 Å². The maximum absolute atomic E-state index is 12.3. The fourth-order valence-electron chi connectivity index (χ4n) is 3.46. The molecule has 0 aromatic carbocycles. The minimum atomic E-state index is -0.301. The molecule has 4 nitrogen and oxygen atoms in total. The molecule has 2 heterocycles. The normalized spacial score (nSPS) is 29.9. The van der Waals surface area contributed by atoms with Crippen LogP contribution in [0.4, 0.5) is 0 Å². The SMILES string of the molecule is CSCC[C@H](N)C(=O)N1CCC2C(CCCN2C)C1. The van der Waals surface area contributed by atoms with E-state index < -0.39 is 0 Å². The highest BCUT2D eigenvalue weighted by atomic mass is 32.2. The number of fused-ring (bicyclic) bond motifs is 1. The molecule has 0 aliphatic carbocycles. The number of carbonyl (C=O) groups excluding carboxylic acids is 1. The van der Waals surface area contributed by atoms with Crippen LogP contribution in [-0.2, 0) is 4.79 Å². The first-order valence-electron chi connectivity index (χ1n) is 7.37. The lowest BCUT2D eigenvalue weighted by atomic mass is 9.84. The van der Waals surface area contributed by atoms with Gasteiger partial charge in [0.25, 0.3) is 0 Å². The van der Waals surface area contributed by atoms with E-state index in [0.717, 1.165) is 31.7 Å². The number of nitrogens with zero attached hydrogens (tertiary/aromatic N) is 2. The predicted molar refractivity (Wildman–Crippen MR) is 81.3 cm³/mol. The second-order valence-corrected chi connectivity index (χ2v) is 6.90. The summed E-state index contributed by atoms with van der Waals surface area (Å²) >= 11 is 1.76. The fraction of sp³-hybridized carbons (Fsp3) is 0.929. The van der Waals surface area contributed by atoms with Crippen molar-refractivity contribution in [2.75, 3.05) is 38.7 Å². The van der Waals surface area contributed by atoms with Crippen molar-refractivity contribution >= 4 is 17.7 Å². The van der Waals surface area contributed by atoms with E-state index in [9.17, 15) is 4.79 Å². The van der Waals surface area contributed by atoms with Gasteiger partial charge in [-0.05, 0) is 57.2 Å². The number of nitrogens with two attached hydrogens (primary N) is 1. The Morgan fingerprint density at radius 1 is 1.42 bits per heavy atom. The minimum Gasteiger partial charge on any atom is -0.341 e. The summed E-state index contributed by atoms with van der Waals surface area (Å²) < 4.78 is 0. The van der Waals surface area contributed by atoms with Crippen molar-refractivity contribution in [1.29, 1.82) is 0 Å². The lowest BCUT2D eigenvalue weighted by molar-refractivity contribution is -0.136. The third-order valence-corrected chi connectivity index (χ3v) is 5.25. The molecule has 110 valence electrons. The minimum absolute atomic E-state index is 0.167. The Hall–Kier alpha value is -0.260. The van der Waals surface area contributed by atoms with Gasteiger partial charge in [-0.2, -0.15) is 11.8 Å². The molecular formula is C14H27N3OS. The highest BCUT2D eigenvalue weighted by Crippen LogP contribution is 2.29. The molecule has 2 saturated heterocycles. The van der Waals surface area contributed by atoms with Crippen LogP contribution in [0.15, 0.2) is 0 Å². The van der Waals surface area contributed by atoms with Crippen LogP contribution in [0, 0.1) is 5.92 Å². The van der Waals surface area contributed by atoms with E-state index in [0.29, 0.717) is 12.0 Å². The van der Waals surface area contributed by atoms with Crippen molar-refractivity contribution in [3.63, 3.8) is 0 Å². The Morgan fingerprint density at radius 3 is 2.95 bits per heavy atom. The van der Waals surface area contributed by atoms with Gasteiger partial charge in [0.2, 0.25) is 5.91 Å². The average Bonchev–Trinajstić information content (AvgIpc) is 2.43. The number of thioether (sulfide) groups is 1. The molecule has 2 unspecified atom stereocenters. The number of piperidine rings is 2. The summed E-state index contributed by atoms with van der Waals surface area (Å²) in [6.45, 7) is 3.01. The first-order chi connectivity index (χ1) is 9.13. The maximum Gasteiger partial charge on any atom is 0.239 e. The largest absolute Gasteiger partial charge is 0.341 e. The van der Waals surface area contributed by atoms with Gasteiger partial charge in [-0.15, -0.1) is 0 Å². The number of carbonyl (C=O) groups is 1. The van der Waals surface area contributed by atoms with Crippen molar-refractivity contribution in [3.8, 4) is 0 Å². The van der Waals surface area contributed by atoms with E-state index in [2.05, 4.69) is 18.2 Å². The summed E-state index contributed by atoms with van der Waals surface area (Å²) in [5.41, 5.74) is 6.01. The van der Waals surface area contributed by atoms with Crippen molar-refractivity contribution in [2.24, 2.45) is 11.7 Å². The van der Waals surface area contributed by atoms with E-state index in [4.69, 9.17) is 5.73 Å². The molecular weight excluding hydrogens is 258 g/mol. The van der Waals surface area contributed by atoms with Crippen LogP contribution in [0.5, 0.6) is 0 Å². The molecule has 0 aromatic rings. The van der Waals surface area contributed by atoms with Crippen molar-refractivity contribution in [1.82, 2.24) is 9.80 Å². The maximum atomic E-state index is 12.3. The van der Waals surface area contributed by atoms with E-state index in [1.165, 1.54) is 19.4 Å². The average molecular weight is 285 g/mol. The van der Waals surface area contributed by atoms with E-state index in [1.54, 1.807) is 11.8 Å². The molecule has 0 bridgehead atoms. The molecule has 0 saturated carbocycles. The highest BCUT2D eigenvalue weighted by molar-refractivity contribution is 7.98. The summed E-state index contributed by atoms with van der Waals surface area (Å²) in [6.07, 6.45) is 6.49. The van der Waals surface area contributed by atoms with Gasteiger partial charge in [-0.1, -0.05) is 0 Å². The molecule has 2 aliphatic heterocycles. The Morgan fingerprint density at radius 2 is 2.21 bits per heavy atom. The zero-order valence-corrected chi connectivity index (χ0v) is 13.0. The summed E-state index contributed by atoms with van der Waals surface area (Å²) in [5.74, 6) is 1.79. The zero-order chi connectivity index (χ0) is 13.8. The van der Waals surface area contributed by atoms with E-state index in [1.807, 2.05) is 4.90 Å². The Kier molecular flexibility index (Phi) is 5.54. The van der Waals surface area contributed by atoms with Crippen LogP contribution in [0.2, 0.25) is 0 Å². The monoisotopic (exact) mass is 285 g/mol. The second-order valence-electron chi connectivity index (χ2n) is 5.91. The molecule has 2 aliphatic rings. The molecule has 2 rings (SSSR count). The predicted octanol–water partition coefficient (Wildman–Crippen LogP) is 1.01. The molecule has 0 spiro atoms. The van der Waals surface area contributed by atoms with Crippen LogP contribution >= 0.6 is 11.8 Å². The highest BCUT2D eigenvalue weighted by Gasteiger charge is 2.36. The van der Waals surface area contributed by atoms with Gasteiger partial charge in [0.05, 0.1) is 6.04 Å². The Balaban J connectivity index is 1.87. The number of likely N-dealkylation sites (tertiary alicyclic amines) is 2. The van der Waals surface area contributed by atoms with E-state index in [-0.39, 0.29) is 11.9 Å².